The highest BCUT2D eigenvalue weighted by Gasteiger charge is 2.26. The van der Waals surface area contributed by atoms with Gasteiger partial charge in [-0.1, -0.05) is 210 Å². The summed E-state index contributed by atoms with van der Waals surface area (Å²) in [5.74, 6) is -0.328. The number of ketones is 1. The van der Waals surface area contributed by atoms with Crippen molar-refractivity contribution in [2.75, 3.05) is 26.3 Å². The molecule has 0 saturated carbocycles. The third kappa shape index (κ3) is 34.1. The molecule has 0 saturated heterocycles. The van der Waals surface area contributed by atoms with Gasteiger partial charge in [-0.15, -0.1) is 0 Å². The molecule has 0 aliphatic heterocycles. The number of carbonyl (C=O) groups excluding carboxylic acids is 4. The highest BCUT2D eigenvalue weighted by Crippen LogP contribution is 2.40. The Morgan fingerprint density at radius 3 is 1.44 bits per heavy atom. The summed E-state index contributed by atoms with van der Waals surface area (Å²) in [6.07, 6.45) is 47.9. The van der Waals surface area contributed by atoms with Crippen LogP contribution < -0.4 is 0 Å². The molecule has 0 N–H and O–H groups in total. The van der Waals surface area contributed by atoms with E-state index in [1.807, 2.05) is 19.1 Å². The van der Waals surface area contributed by atoms with Gasteiger partial charge < -0.3 is 14.4 Å². The zero-order valence-corrected chi connectivity index (χ0v) is 44.0. The van der Waals surface area contributed by atoms with Crippen LogP contribution in [0.5, 0.6) is 0 Å². The fraction of sp³-hybridized carbons (Fsp3) is 0.763. The number of hydrogen-bond donors (Lipinski definition) is 0. The van der Waals surface area contributed by atoms with E-state index in [0.717, 1.165) is 63.4 Å². The largest absolute Gasteiger partial charge is 0.464 e. The summed E-state index contributed by atoms with van der Waals surface area (Å²) in [4.78, 5) is 52.8. The molecule has 0 radical (unpaired) electrons. The van der Waals surface area contributed by atoms with Crippen molar-refractivity contribution < 1.29 is 28.7 Å². The summed E-state index contributed by atoms with van der Waals surface area (Å²) >= 11 is 0. The van der Waals surface area contributed by atoms with Crippen LogP contribution in [-0.2, 0) is 28.7 Å². The number of allylic oxidation sites excluding steroid dienone is 10. The summed E-state index contributed by atoms with van der Waals surface area (Å²) in [6, 6.07) is 0. The lowest BCUT2D eigenvalue weighted by molar-refractivity contribution is -0.147. The number of nitrogens with zero attached hydrogens (tertiary/aromatic N) is 1. The van der Waals surface area contributed by atoms with E-state index >= 15 is 0 Å². The summed E-state index contributed by atoms with van der Waals surface area (Å²) in [5.41, 5.74) is 5.29. The van der Waals surface area contributed by atoms with Crippen molar-refractivity contribution in [3.63, 3.8) is 0 Å². The van der Waals surface area contributed by atoms with E-state index in [-0.39, 0.29) is 55.3 Å². The third-order valence-electron chi connectivity index (χ3n) is 13.3. The van der Waals surface area contributed by atoms with Crippen LogP contribution in [0.25, 0.3) is 0 Å². The van der Waals surface area contributed by atoms with Crippen LogP contribution in [0.15, 0.2) is 58.7 Å². The minimum absolute atomic E-state index is 0.0240. The van der Waals surface area contributed by atoms with Crippen LogP contribution in [-0.4, -0.2) is 54.8 Å². The molecule has 1 amide bonds. The van der Waals surface area contributed by atoms with Gasteiger partial charge in [-0.3, -0.25) is 19.2 Å². The number of esters is 2. The Hall–Kier alpha value is -3.22. The maximum atomic E-state index is 13.4. The first-order valence-corrected chi connectivity index (χ1v) is 27.4. The summed E-state index contributed by atoms with van der Waals surface area (Å²) in [7, 11) is 0. The first kappa shape index (κ1) is 60.8. The Morgan fingerprint density at radius 2 is 0.985 bits per heavy atom. The number of ether oxygens (including phenoxy) is 2. The molecule has 1 aliphatic rings. The van der Waals surface area contributed by atoms with Crippen molar-refractivity contribution in [2.24, 2.45) is 5.41 Å². The number of hydrogen-bond acceptors (Lipinski definition) is 6. The Morgan fingerprint density at radius 1 is 0.561 bits per heavy atom. The molecular weight excluding hydrogens is 819 g/mol. The van der Waals surface area contributed by atoms with Gasteiger partial charge >= 0.3 is 11.9 Å². The molecule has 0 aromatic carbocycles. The lowest BCUT2D eigenvalue weighted by Crippen LogP contribution is -2.37. The monoisotopic (exact) mass is 920 g/mol. The molecular formula is C59H101NO6. The molecule has 0 heterocycles. The van der Waals surface area contributed by atoms with Crippen molar-refractivity contribution in [3.05, 3.63) is 58.7 Å². The standard InChI is InChI=1S/C59H101NO6/c1-8-10-12-14-16-18-20-22-24-26-32-41-57(63)65-48-46-60(47-49-66-58(64)42-33-27-25-23-21-19-17-15-13-11-9-2)56(62)40-31-29-28-30-39-54(61)50-52(4)37-34-36-51(3)43-44-55-53(5)38-35-45-59(55,6)7/h34,36-37,43-44,50H,8-33,35,38-42,45-49H2,1-7H3/b37-34+,44-43+,51-36+,52-50+. The van der Waals surface area contributed by atoms with E-state index in [4.69, 9.17) is 9.47 Å². The van der Waals surface area contributed by atoms with Crippen molar-refractivity contribution in [2.45, 2.75) is 260 Å². The van der Waals surface area contributed by atoms with Crippen LogP contribution in [0.4, 0.5) is 0 Å². The quantitative estimate of drug-likeness (QED) is 0.0262. The highest BCUT2D eigenvalue weighted by atomic mass is 16.5. The average molecular weight is 920 g/mol. The zero-order chi connectivity index (χ0) is 48.5. The van der Waals surface area contributed by atoms with Crippen molar-refractivity contribution in [1.82, 2.24) is 4.90 Å². The normalized spacial score (nSPS) is 14.4. The second-order valence-corrected chi connectivity index (χ2v) is 20.2. The Labute approximate surface area is 406 Å². The van der Waals surface area contributed by atoms with E-state index < -0.39 is 0 Å². The van der Waals surface area contributed by atoms with E-state index in [2.05, 4.69) is 59.8 Å². The number of amides is 1. The van der Waals surface area contributed by atoms with Gasteiger partial charge in [0.1, 0.15) is 13.2 Å². The van der Waals surface area contributed by atoms with E-state index in [1.165, 1.54) is 139 Å². The highest BCUT2D eigenvalue weighted by molar-refractivity contribution is 5.90. The van der Waals surface area contributed by atoms with E-state index in [0.29, 0.717) is 32.1 Å². The van der Waals surface area contributed by atoms with Crippen LogP contribution in [0.3, 0.4) is 0 Å². The van der Waals surface area contributed by atoms with Gasteiger partial charge in [0.2, 0.25) is 5.91 Å². The molecule has 0 unspecified atom stereocenters. The van der Waals surface area contributed by atoms with Crippen molar-refractivity contribution in [1.29, 1.82) is 0 Å². The van der Waals surface area contributed by atoms with E-state index in [9.17, 15) is 19.2 Å². The Kier molecular flexibility index (Phi) is 37.6. The molecule has 66 heavy (non-hydrogen) atoms. The average Bonchev–Trinajstić information content (AvgIpc) is 3.27. The molecule has 0 atom stereocenters. The minimum Gasteiger partial charge on any atom is -0.464 e. The zero-order valence-electron chi connectivity index (χ0n) is 44.0. The van der Waals surface area contributed by atoms with E-state index in [1.54, 1.807) is 11.0 Å². The fourth-order valence-corrected chi connectivity index (χ4v) is 9.01. The molecule has 7 heteroatoms. The van der Waals surface area contributed by atoms with Gasteiger partial charge in [-0.05, 0) is 88.4 Å². The molecule has 7 nitrogen and oxygen atoms in total. The predicted molar refractivity (Wildman–Crippen MR) is 279 cm³/mol. The van der Waals surface area contributed by atoms with Crippen molar-refractivity contribution >= 4 is 23.6 Å². The second kappa shape index (κ2) is 40.8. The van der Waals surface area contributed by atoms with Gasteiger partial charge in [0.15, 0.2) is 5.78 Å². The summed E-state index contributed by atoms with van der Waals surface area (Å²) in [6.45, 7) is 16.4. The van der Waals surface area contributed by atoms with Crippen LogP contribution in [0.1, 0.15) is 260 Å². The maximum absolute atomic E-state index is 13.4. The molecule has 0 aromatic heterocycles. The second-order valence-electron chi connectivity index (χ2n) is 20.2. The molecule has 0 aromatic rings. The Balaban J connectivity index is 2.47. The molecule has 0 bridgehead atoms. The van der Waals surface area contributed by atoms with Gasteiger partial charge in [0, 0.05) is 25.7 Å². The minimum atomic E-state index is -0.214. The number of rotatable bonds is 42. The first-order chi connectivity index (χ1) is 31.9. The van der Waals surface area contributed by atoms with Crippen LogP contribution >= 0.6 is 0 Å². The Bertz CT molecular complexity index is 1420. The van der Waals surface area contributed by atoms with Gasteiger partial charge in [-0.2, -0.15) is 0 Å². The third-order valence-corrected chi connectivity index (χ3v) is 13.3. The molecule has 378 valence electrons. The topological polar surface area (TPSA) is 90.0 Å². The van der Waals surface area contributed by atoms with Gasteiger partial charge in [0.05, 0.1) is 13.1 Å². The van der Waals surface area contributed by atoms with Gasteiger partial charge in [-0.25, -0.2) is 0 Å². The van der Waals surface area contributed by atoms with Crippen molar-refractivity contribution in [3.8, 4) is 0 Å². The summed E-state index contributed by atoms with van der Waals surface area (Å²) < 4.78 is 11.1. The number of unbranched alkanes of at least 4 members (excludes halogenated alkanes) is 23. The predicted octanol–water partition coefficient (Wildman–Crippen LogP) is 16.7. The molecule has 1 aliphatic carbocycles. The fourth-order valence-electron chi connectivity index (χ4n) is 9.01. The molecule has 1 rings (SSSR count). The summed E-state index contributed by atoms with van der Waals surface area (Å²) in [5, 5.41) is 0. The van der Waals surface area contributed by atoms with Gasteiger partial charge in [0.25, 0.3) is 0 Å². The maximum Gasteiger partial charge on any atom is 0.305 e. The first-order valence-electron chi connectivity index (χ1n) is 27.4. The lowest BCUT2D eigenvalue weighted by Gasteiger charge is -2.32. The SMILES string of the molecule is CCCCCCCCCCCCCC(=O)OCCN(CCOC(=O)CCCCCCCCCCCCC)C(=O)CCCCCCC(=O)/C=C(C)/C=C/C=C(C)/C=C/C1=C(C)CCCC1(C)C. The number of carbonyl (C=O) groups is 4. The smallest absolute Gasteiger partial charge is 0.305 e. The lowest BCUT2D eigenvalue weighted by atomic mass is 9.72. The van der Waals surface area contributed by atoms with Crippen LogP contribution in [0.2, 0.25) is 0 Å². The molecule has 0 spiro atoms. The van der Waals surface area contributed by atoms with Crippen LogP contribution in [0, 0.1) is 5.41 Å². The molecule has 0 fully saturated rings.